The van der Waals surface area contributed by atoms with Crippen molar-refractivity contribution in [2.45, 2.75) is 39.5 Å². The second-order valence-corrected chi connectivity index (χ2v) is 5.08. The molecule has 0 spiro atoms. The number of esters is 1. The molecule has 1 rings (SSSR count). The lowest BCUT2D eigenvalue weighted by molar-refractivity contribution is -0.143. The van der Waals surface area contributed by atoms with Gasteiger partial charge in [0.1, 0.15) is 0 Å². The number of rotatable bonds is 7. The maximum atomic E-state index is 11.2. The van der Waals surface area contributed by atoms with E-state index in [1.807, 2.05) is 12.1 Å². The molecule has 21 heavy (non-hydrogen) atoms. The molecule has 0 radical (unpaired) electrons. The highest BCUT2D eigenvalue weighted by Crippen LogP contribution is 2.18. The third-order valence-corrected chi connectivity index (χ3v) is 2.95. The van der Waals surface area contributed by atoms with Gasteiger partial charge in [0, 0.05) is 18.7 Å². The van der Waals surface area contributed by atoms with Gasteiger partial charge in [-0.05, 0) is 37.0 Å². The standard InChI is InChI=1S/C16H25N3O2/c1-4-21-15(20)9-6-10-18-16(17)19-14-8-5-7-13(11-14)12(2)3/h5,7-8,11-12H,4,6,9-10H2,1-3H3,(H3,17,18,19). The van der Waals surface area contributed by atoms with Gasteiger partial charge in [-0.3, -0.25) is 9.79 Å². The van der Waals surface area contributed by atoms with Gasteiger partial charge in [-0.15, -0.1) is 0 Å². The zero-order valence-corrected chi connectivity index (χ0v) is 13.1. The second kappa shape index (κ2) is 9.00. The Balaban J connectivity index is 2.42. The summed E-state index contributed by atoms with van der Waals surface area (Å²) in [5, 5.41) is 3.06. The monoisotopic (exact) mass is 291 g/mol. The summed E-state index contributed by atoms with van der Waals surface area (Å²) in [5.74, 6) is 0.637. The van der Waals surface area contributed by atoms with E-state index < -0.39 is 0 Å². The third kappa shape index (κ3) is 6.79. The number of anilines is 1. The minimum absolute atomic E-state index is 0.191. The van der Waals surface area contributed by atoms with Crippen LogP contribution < -0.4 is 11.1 Å². The molecule has 0 amide bonds. The average Bonchev–Trinajstić information content (AvgIpc) is 2.44. The predicted molar refractivity (Wildman–Crippen MR) is 86.5 cm³/mol. The Bertz CT molecular complexity index is 484. The van der Waals surface area contributed by atoms with E-state index in [0.717, 1.165) is 5.69 Å². The fourth-order valence-electron chi connectivity index (χ4n) is 1.82. The summed E-state index contributed by atoms with van der Waals surface area (Å²) in [6, 6.07) is 8.09. The number of hydrogen-bond acceptors (Lipinski definition) is 3. The molecule has 0 unspecified atom stereocenters. The van der Waals surface area contributed by atoms with Gasteiger partial charge in [0.25, 0.3) is 0 Å². The third-order valence-electron chi connectivity index (χ3n) is 2.95. The number of nitrogens with zero attached hydrogens (tertiary/aromatic N) is 1. The van der Waals surface area contributed by atoms with Crippen LogP contribution in [0.2, 0.25) is 0 Å². The number of hydrogen-bond donors (Lipinski definition) is 2. The zero-order chi connectivity index (χ0) is 15.7. The van der Waals surface area contributed by atoms with Crippen LogP contribution in [0.4, 0.5) is 5.69 Å². The van der Waals surface area contributed by atoms with Gasteiger partial charge in [0.2, 0.25) is 0 Å². The van der Waals surface area contributed by atoms with Crippen molar-refractivity contribution in [2.24, 2.45) is 10.7 Å². The Morgan fingerprint density at radius 1 is 1.43 bits per heavy atom. The molecular weight excluding hydrogens is 266 g/mol. The summed E-state index contributed by atoms with van der Waals surface area (Å²) in [7, 11) is 0. The number of guanidine groups is 1. The number of aliphatic imine (C=N–C) groups is 1. The summed E-state index contributed by atoms with van der Waals surface area (Å²) < 4.78 is 4.85. The molecule has 3 N–H and O–H groups in total. The molecule has 0 bridgehead atoms. The van der Waals surface area contributed by atoms with Crippen molar-refractivity contribution in [1.82, 2.24) is 0 Å². The van der Waals surface area contributed by atoms with Crippen LogP contribution in [0.15, 0.2) is 29.3 Å². The highest BCUT2D eigenvalue weighted by Gasteiger charge is 2.02. The summed E-state index contributed by atoms with van der Waals surface area (Å²) in [6.45, 7) is 7.00. The van der Waals surface area contributed by atoms with E-state index >= 15 is 0 Å². The van der Waals surface area contributed by atoms with Crippen LogP contribution in [0.3, 0.4) is 0 Å². The van der Waals surface area contributed by atoms with Crippen LogP contribution >= 0.6 is 0 Å². The van der Waals surface area contributed by atoms with Crippen molar-refractivity contribution >= 4 is 17.6 Å². The van der Waals surface area contributed by atoms with Crippen molar-refractivity contribution in [3.05, 3.63) is 29.8 Å². The van der Waals surface area contributed by atoms with Crippen LogP contribution in [0.25, 0.3) is 0 Å². The Labute approximate surface area is 126 Å². The highest BCUT2D eigenvalue weighted by molar-refractivity contribution is 5.92. The number of carbonyl (C=O) groups is 1. The Hall–Kier alpha value is -2.04. The second-order valence-electron chi connectivity index (χ2n) is 5.08. The fraction of sp³-hybridized carbons (Fsp3) is 0.500. The van der Waals surface area contributed by atoms with Crippen molar-refractivity contribution in [3.8, 4) is 0 Å². The van der Waals surface area contributed by atoms with Gasteiger partial charge in [-0.25, -0.2) is 0 Å². The molecule has 0 aromatic heterocycles. The first-order chi connectivity index (χ1) is 10.0. The molecular formula is C16H25N3O2. The van der Waals surface area contributed by atoms with Crippen molar-refractivity contribution in [1.29, 1.82) is 0 Å². The molecule has 0 aliphatic rings. The summed E-state index contributed by atoms with van der Waals surface area (Å²) in [4.78, 5) is 15.4. The molecule has 0 saturated heterocycles. The smallest absolute Gasteiger partial charge is 0.305 e. The SMILES string of the molecule is CCOC(=O)CCCN=C(N)Nc1cccc(C(C)C)c1. The fourth-order valence-corrected chi connectivity index (χ4v) is 1.82. The predicted octanol–water partition coefficient (Wildman–Crippen LogP) is 2.88. The number of ether oxygens (including phenoxy) is 1. The van der Waals surface area contributed by atoms with Gasteiger partial charge >= 0.3 is 5.97 Å². The largest absolute Gasteiger partial charge is 0.466 e. The molecule has 0 aliphatic carbocycles. The molecule has 1 aromatic rings. The highest BCUT2D eigenvalue weighted by atomic mass is 16.5. The van der Waals surface area contributed by atoms with Gasteiger partial charge < -0.3 is 15.8 Å². The van der Waals surface area contributed by atoms with E-state index in [1.54, 1.807) is 6.92 Å². The minimum Gasteiger partial charge on any atom is -0.466 e. The van der Waals surface area contributed by atoms with Crippen LogP contribution in [-0.4, -0.2) is 25.1 Å². The Morgan fingerprint density at radius 2 is 2.19 bits per heavy atom. The summed E-state index contributed by atoms with van der Waals surface area (Å²) >= 11 is 0. The van der Waals surface area contributed by atoms with E-state index in [4.69, 9.17) is 10.5 Å². The average molecular weight is 291 g/mol. The van der Waals surface area contributed by atoms with E-state index in [-0.39, 0.29) is 5.97 Å². The van der Waals surface area contributed by atoms with E-state index in [2.05, 4.69) is 36.3 Å². The van der Waals surface area contributed by atoms with Crippen LogP contribution in [-0.2, 0) is 9.53 Å². The van der Waals surface area contributed by atoms with Crippen LogP contribution in [0.1, 0.15) is 45.1 Å². The van der Waals surface area contributed by atoms with Gasteiger partial charge in [-0.1, -0.05) is 26.0 Å². The quantitative estimate of drug-likeness (QED) is 0.350. The molecule has 0 saturated carbocycles. The topological polar surface area (TPSA) is 76.7 Å². The molecule has 1 aromatic carbocycles. The number of nitrogens with two attached hydrogens (primary N) is 1. The van der Waals surface area contributed by atoms with E-state index in [9.17, 15) is 4.79 Å². The lowest BCUT2D eigenvalue weighted by Gasteiger charge is -2.10. The van der Waals surface area contributed by atoms with Crippen LogP contribution in [0.5, 0.6) is 0 Å². The normalized spacial score (nSPS) is 11.5. The molecule has 116 valence electrons. The Morgan fingerprint density at radius 3 is 2.86 bits per heavy atom. The Kier molecular flexibility index (Phi) is 7.29. The molecule has 0 heterocycles. The van der Waals surface area contributed by atoms with E-state index in [0.29, 0.717) is 37.9 Å². The van der Waals surface area contributed by atoms with Crippen molar-refractivity contribution in [2.75, 3.05) is 18.5 Å². The number of nitrogens with one attached hydrogen (secondary N) is 1. The van der Waals surface area contributed by atoms with Gasteiger partial charge in [0.05, 0.1) is 6.61 Å². The molecule has 0 atom stereocenters. The van der Waals surface area contributed by atoms with Crippen molar-refractivity contribution < 1.29 is 9.53 Å². The number of benzene rings is 1. The van der Waals surface area contributed by atoms with E-state index in [1.165, 1.54) is 5.56 Å². The van der Waals surface area contributed by atoms with Crippen LogP contribution in [0, 0.1) is 0 Å². The number of carbonyl (C=O) groups excluding carboxylic acids is 1. The molecule has 0 fully saturated rings. The first-order valence-corrected chi connectivity index (χ1v) is 7.35. The first kappa shape index (κ1) is 17.0. The maximum absolute atomic E-state index is 11.2. The summed E-state index contributed by atoms with van der Waals surface area (Å²) in [6.07, 6.45) is 1.00. The van der Waals surface area contributed by atoms with Crippen molar-refractivity contribution in [3.63, 3.8) is 0 Å². The maximum Gasteiger partial charge on any atom is 0.305 e. The lowest BCUT2D eigenvalue weighted by atomic mass is 10.0. The molecule has 5 heteroatoms. The summed E-state index contributed by atoms with van der Waals surface area (Å²) in [5.41, 5.74) is 8.00. The van der Waals surface area contributed by atoms with Gasteiger partial charge in [0.15, 0.2) is 5.96 Å². The zero-order valence-electron chi connectivity index (χ0n) is 13.1. The molecule has 0 aliphatic heterocycles. The first-order valence-electron chi connectivity index (χ1n) is 7.35. The van der Waals surface area contributed by atoms with Gasteiger partial charge in [-0.2, -0.15) is 0 Å². The lowest BCUT2D eigenvalue weighted by Crippen LogP contribution is -2.23. The minimum atomic E-state index is -0.191. The molecule has 5 nitrogen and oxygen atoms in total.